The van der Waals surface area contributed by atoms with Gasteiger partial charge in [0.2, 0.25) is 0 Å². The molecule has 0 N–H and O–H groups in total. The van der Waals surface area contributed by atoms with Gasteiger partial charge in [-0.25, -0.2) is 0 Å². The zero-order valence-electron chi connectivity index (χ0n) is 25.4. The standard InChI is InChI=1S/C44H32N2/c1-3-21-35(22-4-1)45(41-31-15-19-33-17-7-9-25-37(33)41)43-29-13-11-27-39(43)40-28-12-14-30-44(40)46(36-23-5-2-6-24-36)42-32-16-20-34-18-8-10-26-38(34)42/h1-32H. The summed E-state index contributed by atoms with van der Waals surface area (Å²) >= 11 is 0. The Balaban J connectivity index is 1.39. The van der Waals surface area contributed by atoms with Crippen molar-refractivity contribution < 1.29 is 0 Å². The van der Waals surface area contributed by atoms with Crippen LogP contribution in [0.25, 0.3) is 32.7 Å². The normalized spacial score (nSPS) is 11.0. The molecule has 8 aromatic rings. The molecule has 0 saturated carbocycles. The van der Waals surface area contributed by atoms with Crippen molar-refractivity contribution in [2.24, 2.45) is 0 Å². The van der Waals surface area contributed by atoms with Gasteiger partial charge in [-0.1, -0.05) is 146 Å². The summed E-state index contributed by atoms with van der Waals surface area (Å²) < 4.78 is 0. The molecule has 218 valence electrons. The Morgan fingerprint density at radius 1 is 0.239 bits per heavy atom. The molecular weight excluding hydrogens is 556 g/mol. The van der Waals surface area contributed by atoms with Crippen LogP contribution in [0.3, 0.4) is 0 Å². The molecule has 0 saturated heterocycles. The SMILES string of the molecule is c1ccc(N(c2ccccc2-c2ccccc2N(c2ccccc2)c2cccc3ccccc23)c2cccc3ccccc23)cc1. The van der Waals surface area contributed by atoms with Crippen LogP contribution in [0, 0.1) is 0 Å². The highest BCUT2D eigenvalue weighted by molar-refractivity contribution is 6.04. The molecule has 0 aliphatic carbocycles. The molecule has 8 rings (SSSR count). The molecule has 0 amide bonds. The second-order valence-corrected chi connectivity index (χ2v) is 11.4. The molecule has 0 unspecified atom stereocenters. The summed E-state index contributed by atoms with van der Waals surface area (Å²) in [4.78, 5) is 4.80. The van der Waals surface area contributed by atoms with E-state index in [1.54, 1.807) is 0 Å². The molecule has 2 nitrogen and oxygen atoms in total. The van der Waals surface area contributed by atoms with Gasteiger partial charge in [-0.05, 0) is 59.3 Å². The highest BCUT2D eigenvalue weighted by Crippen LogP contribution is 2.48. The second-order valence-electron chi connectivity index (χ2n) is 11.4. The fraction of sp³-hybridized carbons (Fsp3) is 0. The number of anilines is 6. The predicted octanol–water partition coefficient (Wildman–Crippen LogP) is 12.6. The molecule has 0 heterocycles. The van der Waals surface area contributed by atoms with Gasteiger partial charge in [0.15, 0.2) is 0 Å². The number of hydrogen-bond donors (Lipinski definition) is 0. The van der Waals surface area contributed by atoms with Gasteiger partial charge in [-0.15, -0.1) is 0 Å². The van der Waals surface area contributed by atoms with Gasteiger partial charge < -0.3 is 9.80 Å². The highest BCUT2D eigenvalue weighted by Gasteiger charge is 2.23. The lowest BCUT2D eigenvalue weighted by atomic mass is 9.97. The monoisotopic (exact) mass is 588 g/mol. The number of hydrogen-bond acceptors (Lipinski definition) is 2. The van der Waals surface area contributed by atoms with Crippen LogP contribution in [-0.2, 0) is 0 Å². The number of para-hydroxylation sites is 4. The average Bonchev–Trinajstić information content (AvgIpc) is 3.13. The maximum atomic E-state index is 2.40. The summed E-state index contributed by atoms with van der Waals surface area (Å²) in [5, 5.41) is 4.84. The van der Waals surface area contributed by atoms with Crippen molar-refractivity contribution in [1.82, 2.24) is 0 Å². The lowest BCUT2D eigenvalue weighted by molar-refractivity contribution is 1.28. The first-order valence-corrected chi connectivity index (χ1v) is 15.7. The first kappa shape index (κ1) is 27.4. The molecule has 0 atom stereocenters. The quantitative estimate of drug-likeness (QED) is 0.183. The third-order valence-electron chi connectivity index (χ3n) is 8.62. The Bertz CT molecular complexity index is 2100. The molecule has 0 fully saturated rings. The van der Waals surface area contributed by atoms with E-state index in [4.69, 9.17) is 0 Å². The van der Waals surface area contributed by atoms with Crippen molar-refractivity contribution in [3.8, 4) is 11.1 Å². The minimum Gasteiger partial charge on any atom is -0.309 e. The fourth-order valence-electron chi connectivity index (χ4n) is 6.57. The predicted molar refractivity (Wildman–Crippen MR) is 196 cm³/mol. The largest absolute Gasteiger partial charge is 0.309 e. The van der Waals surface area contributed by atoms with E-state index in [1.165, 1.54) is 21.5 Å². The molecule has 0 aliphatic rings. The second kappa shape index (κ2) is 12.1. The zero-order valence-corrected chi connectivity index (χ0v) is 25.4. The number of nitrogens with zero attached hydrogens (tertiary/aromatic N) is 2. The van der Waals surface area contributed by atoms with Crippen molar-refractivity contribution in [2.45, 2.75) is 0 Å². The maximum Gasteiger partial charge on any atom is 0.0541 e. The van der Waals surface area contributed by atoms with Crippen LogP contribution in [0.15, 0.2) is 194 Å². The van der Waals surface area contributed by atoms with Crippen LogP contribution < -0.4 is 9.80 Å². The van der Waals surface area contributed by atoms with Crippen LogP contribution in [0.4, 0.5) is 34.1 Å². The van der Waals surface area contributed by atoms with Gasteiger partial charge in [0.25, 0.3) is 0 Å². The number of benzene rings is 8. The highest BCUT2D eigenvalue weighted by atomic mass is 15.2. The van der Waals surface area contributed by atoms with Crippen molar-refractivity contribution in [3.63, 3.8) is 0 Å². The van der Waals surface area contributed by atoms with Crippen LogP contribution in [-0.4, -0.2) is 0 Å². The Labute approximate surface area is 270 Å². The van der Waals surface area contributed by atoms with E-state index in [0.717, 1.165) is 45.3 Å². The van der Waals surface area contributed by atoms with Crippen LogP contribution >= 0.6 is 0 Å². The summed E-state index contributed by atoms with van der Waals surface area (Å²) in [7, 11) is 0. The molecule has 0 bridgehead atoms. The van der Waals surface area contributed by atoms with E-state index >= 15 is 0 Å². The van der Waals surface area contributed by atoms with Gasteiger partial charge >= 0.3 is 0 Å². The van der Waals surface area contributed by atoms with Crippen LogP contribution in [0.5, 0.6) is 0 Å². The summed E-state index contributed by atoms with van der Waals surface area (Å²) in [5.41, 5.74) is 9.03. The molecule has 0 radical (unpaired) electrons. The Morgan fingerprint density at radius 2 is 0.565 bits per heavy atom. The third-order valence-corrected chi connectivity index (χ3v) is 8.62. The zero-order chi connectivity index (χ0) is 30.7. The van der Waals surface area contributed by atoms with E-state index in [1.807, 2.05) is 0 Å². The summed E-state index contributed by atoms with van der Waals surface area (Å²) in [5.74, 6) is 0. The smallest absolute Gasteiger partial charge is 0.0541 e. The summed E-state index contributed by atoms with van der Waals surface area (Å²) in [6, 6.07) is 69.3. The number of fused-ring (bicyclic) bond motifs is 2. The molecule has 0 aromatic heterocycles. The van der Waals surface area contributed by atoms with Crippen molar-refractivity contribution in [3.05, 3.63) is 194 Å². The Kier molecular flexibility index (Phi) is 7.22. The van der Waals surface area contributed by atoms with Crippen LogP contribution in [0.1, 0.15) is 0 Å². The summed E-state index contributed by atoms with van der Waals surface area (Å²) in [6.45, 7) is 0. The van der Waals surface area contributed by atoms with E-state index < -0.39 is 0 Å². The van der Waals surface area contributed by atoms with Gasteiger partial charge in [-0.3, -0.25) is 0 Å². The first-order chi connectivity index (χ1) is 22.9. The fourth-order valence-corrected chi connectivity index (χ4v) is 6.57. The van der Waals surface area contributed by atoms with Gasteiger partial charge in [-0.2, -0.15) is 0 Å². The lowest BCUT2D eigenvalue weighted by Crippen LogP contribution is -2.14. The van der Waals surface area contributed by atoms with Gasteiger partial charge in [0.1, 0.15) is 0 Å². The Morgan fingerprint density at radius 3 is 1.02 bits per heavy atom. The van der Waals surface area contributed by atoms with E-state index in [-0.39, 0.29) is 0 Å². The minimum absolute atomic E-state index is 1.11. The van der Waals surface area contributed by atoms with E-state index in [9.17, 15) is 0 Å². The van der Waals surface area contributed by atoms with Crippen molar-refractivity contribution in [2.75, 3.05) is 9.80 Å². The average molecular weight is 589 g/mol. The lowest BCUT2D eigenvalue weighted by Gasteiger charge is -2.32. The molecule has 2 heteroatoms. The van der Waals surface area contributed by atoms with Crippen LogP contribution in [0.2, 0.25) is 0 Å². The summed E-state index contributed by atoms with van der Waals surface area (Å²) in [6.07, 6.45) is 0. The third kappa shape index (κ3) is 4.96. The number of rotatable bonds is 7. The molecule has 46 heavy (non-hydrogen) atoms. The molecular formula is C44H32N2. The van der Waals surface area contributed by atoms with E-state index in [2.05, 4.69) is 204 Å². The van der Waals surface area contributed by atoms with Gasteiger partial charge in [0, 0.05) is 33.3 Å². The van der Waals surface area contributed by atoms with Crippen molar-refractivity contribution >= 4 is 55.7 Å². The molecule has 8 aromatic carbocycles. The van der Waals surface area contributed by atoms with Gasteiger partial charge in [0.05, 0.1) is 22.7 Å². The Hall–Kier alpha value is -6.12. The maximum absolute atomic E-state index is 2.40. The molecule has 0 aliphatic heterocycles. The van der Waals surface area contributed by atoms with Crippen molar-refractivity contribution in [1.29, 1.82) is 0 Å². The molecule has 0 spiro atoms. The van der Waals surface area contributed by atoms with E-state index in [0.29, 0.717) is 0 Å². The first-order valence-electron chi connectivity index (χ1n) is 15.7. The topological polar surface area (TPSA) is 6.48 Å². The minimum atomic E-state index is 1.11.